The molecule has 1 aliphatic heterocycles. The smallest absolute Gasteiger partial charge is 0.0359 e. The van der Waals surface area contributed by atoms with Gasteiger partial charge in [-0.05, 0) is 45.7 Å². The second-order valence-electron chi connectivity index (χ2n) is 6.49. The molecule has 0 aromatic heterocycles. The molecule has 2 aliphatic rings. The molecule has 3 heteroatoms. The highest BCUT2D eigenvalue weighted by atomic mass is 15.2. The molecule has 18 heavy (non-hydrogen) atoms. The molecule has 2 N–H and O–H groups in total. The maximum absolute atomic E-state index is 6.21. The van der Waals surface area contributed by atoms with Gasteiger partial charge in [-0.3, -0.25) is 4.90 Å². The lowest BCUT2D eigenvalue weighted by Gasteiger charge is -2.48. The summed E-state index contributed by atoms with van der Waals surface area (Å²) in [6.45, 7) is 5.69. The van der Waals surface area contributed by atoms with Gasteiger partial charge in [-0.15, -0.1) is 0 Å². The fraction of sp³-hybridized carbons (Fsp3) is 1.00. The summed E-state index contributed by atoms with van der Waals surface area (Å²) in [5, 5.41) is 0. The molecule has 2 rings (SSSR count). The number of nitrogens with zero attached hydrogens (tertiary/aromatic N) is 2. The van der Waals surface area contributed by atoms with Crippen LogP contribution in [-0.2, 0) is 0 Å². The molecule has 2 unspecified atom stereocenters. The van der Waals surface area contributed by atoms with Crippen molar-refractivity contribution < 1.29 is 0 Å². The highest BCUT2D eigenvalue weighted by Crippen LogP contribution is 2.42. The Morgan fingerprint density at radius 3 is 2.39 bits per heavy atom. The van der Waals surface area contributed by atoms with Crippen molar-refractivity contribution in [2.24, 2.45) is 11.7 Å². The molecule has 0 aromatic carbocycles. The van der Waals surface area contributed by atoms with E-state index in [0.717, 1.165) is 18.5 Å². The Morgan fingerprint density at radius 2 is 1.89 bits per heavy atom. The van der Waals surface area contributed by atoms with E-state index < -0.39 is 0 Å². The summed E-state index contributed by atoms with van der Waals surface area (Å²) >= 11 is 0. The molecule has 1 heterocycles. The summed E-state index contributed by atoms with van der Waals surface area (Å²) in [5.74, 6) is 0.832. The van der Waals surface area contributed by atoms with Crippen LogP contribution in [0.2, 0.25) is 0 Å². The summed E-state index contributed by atoms with van der Waals surface area (Å²) in [6, 6.07) is 0.776. The van der Waals surface area contributed by atoms with Gasteiger partial charge in [0.25, 0.3) is 0 Å². The van der Waals surface area contributed by atoms with Crippen molar-refractivity contribution in [1.82, 2.24) is 9.80 Å². The highest BCUT2D eigenvalue weighted by molar-refractivity contribution is 5.02. The largest absolute Gasteiger partial charge is 0.329 e. The van der Waals surface area contributed by atoms with E-state index in [1.165, 1.54) is 51.6 Å². The van der Waals surface area contributed by atoms with Crippen LogP contribution in [-0.4, -0.2) is 55.1 Å². The van der Waals surface area contributed by atoms with Gasteiger partial charge in [0.05, 0.1) is 0 Å². The van der Waals surface area contributed by atoms with E-state index in [4.69, 9.17) is 5.73 Å². The monoisotopic (exact) mass is 253 g/mol. The van der Waals surface area contributed by atoms with Crippen LogP contribution in [0.1, 0.15) is 45.4 Å². The van der Waals surface area contributed by atoms with Crippen molar-refractivity contribution in [3.8, 4) is 0 Å². The number of piperidine rings is 1. The maximum atomic E-state index is 6.21. The molecule has 0 amide bonds. The van der Waals surface area contributed by atoms with E-state index in [0.29, 0.717) is 5.54 Å². The molecule has 1 saturated heterocycles. The molecule has 0 spiro atoms. The first-order chi connectivity index (χ1) is 8.64. The lowest BCUT2D eigenvalue weighted by molar-refractivity contribution is 0.0184. The number of hydrogen-bond acceptors (Lipinski definition) is 3. The van der Waals surface area contributed by atoms with Crippen LogP contribution in [0.3, 0.4) is 0 Å². The van der Waals surface area contributed by atoms with Crippen LogP contribution in [0.25, 0.3) is 0 Å². The minimum atomic E-state index is 0.339. The van der Waals surface area contributed by atoms with E-state index in [9.17, 15) is 0 Å². The molecule has 106 valence electrons. The summed E-state index contributed by atoms with van der Waals surface area (Å²) in [6.07, 6.45) is 8.01. The van der Waals surface area contributed by atoms with Gasteiger partial charge in [0.1, 0.15) is 0 Å². The Balaban J connectivity index is 2.02. The van der Waals surface area contributed by atoms with E-state index in [-0.39, 0.29) is 0 Å². The van der Waals surface area contributed by atoms with Gasteiger partial charge in [0, 0.05) is 31.2 Å². The maximum Gasteiger partial charge on any atom is 0.0359 e. The number of likely N-dealkylation sites (tertiary alicyclic amines) is 1. The third-order valence-electron chi connectivity index (χ3n) is 5.59. The Bertz CT molecular complexity index is 258. The zero-order chi connectivity index (χ0) is 13.2. The van der Waals surface area contributed by atoms with Crippen LogP contribution in [0.4, 0.5) is 0 Å². The highest BCUT2D eigenvalue weighted by Gasteiger charge is 2.46. The van der Waals surface area contributed by atoms with Gasteiger partial charge in [-0.25, -0.2) is 0 Å². The van der Waals surface area contributed by atoms with Gasteiger partial charge in [-0.2, -0.15) is 0 Å². The van der Waals surface area contributed by atoms with E-state index in [1.807, 2.05) is 0 Å². The second kappa shape index (κ2) is 5.89. The molecule has 1 saturated carbocycles. The van der Waals surface area contributed by atoms with Gasteiger partial charge in [0.15, 0.2) is 0 Å². The molecule has 0 bridgehead atoms. The zero-order valence-electron chi connectivity index (χ0n) is 12.5. The summed E-state index contributed by atoms with van der Waals surface area (Å²) in [7, 11) is 4.42. The predicted molar refractivity (Wildman–Crippen MR) is 77.7 cm³/mol. The zero-order valence-corrected chi connectivity index (χ0v) is 12.5. The number of nitrogens with two attached hydrogens (primary N) is 1. The van der Waals surface area contributed by atoms with E-state index >= 15 is 0 Å². The quantitative estimate of drug-likeness (QED) is 0.831. The predicted octanol–water partition coefficient (Wildman–Crippen LogP) is 1.92. The Kier molecular flexibility index (Phi) is 4.68. The Hall–Kier alpha value is -0.120. The molecule has 3 nitrogen and oxygen atoms in total. The van der Waals surface area contributed by atoms with Crippen molar-refractivity contribution in [2.75, 3.05) is 33.7 Å². The average Bonchev–Trinajstić information content (AvgIpc) is 2.82. The lowest BCUT2D eigenvalue weighted by atomic mass is 9.81. The first-order valence-corrected chi connectivity index (χ1v) is 7.75. The second-order valence-corrected chi connectivity index (χ2v) is 6.49. The SMILES string of the molecule is CCC1CCCC1(CN)N1CCC(N(C)C)CC1. The summed E-state index contributed by atoms with van der Waals surface area (Å²) in [5.41, 5.74) is 6.55. The summed E-state index contributed by atoms with van der Waals surface area (Å²) in [4.78, 5) is 5.13. The van der Waals surface area contributed by atoms with E-state index in [2.05, 4.69) is 30.8 Å². The first kappa shape index (κ1) is 14.3. The molecule has 0 radical (unpaired) electrons. The third kappa shape index (κ3) is 2.45. The topological polar surface area (TPSA) is 32.5 Å². The molecular formula is C15H31N3. The average molecular weight is 253 g/mol. The normalized spacial score (nSPS) is 35.5. The molecule has 1 aliphatic carbocycles. The molecule has 0 aromatic rings. The molecule has 2 atom stereocenters. The minimum Gasteiger partial charge on any atom is -0.329 e. The first-order valence-electron chi connectivity index (χ1n) is 7.75. The Morgan fingerprint density at radius 1 is 1.22 bits per heavy atom. The number of rotatable bonds is 4. The standard InChI is InChI=1S/C15H31N3/c1-4-13-6-5-9-15(13,12-16)18-10-7-14(8-11-18)17(2)3/h13-14H,4-12,16H2,1-3H3. The third-order valence-corrected chi connectivity index (χ3v) is 5.59. The summed E-state index contributed by atoms with van der Waals surface area (Å²) < 4.78 is 0. The van der Waals surface area contributed by atoms with Crippen molar-refractivity contribution in [3.05, 3.63) is 0 Å². The minimum absolute atomic E-state index is 0.339. The number of hydrogen-bond donors (Lipinski definition) is 1. The molecule has 2 fully saturated rings. The molecular weight excluding hydrogens is 222 g/mol. The fourth-order valence-electron chi connectivity index (χ4n) is 4.35. The van der Waals surface area contributed by atoms with Crippen LogP contribution < -0.4 is 5.73 Å². The fourth-order valence-corrected chi connectivity index (χ4v) is 4.35. The van der Waals surface area contributed by atoms with Crippen molar-refractivity contribution >= 4 is 0 Å². The van der Waals surface area contributed by atoms with Gasteiger partial charge >= 0.3 is 0 Å². The van der Waals surface area contributed by atoms with Crippen molar-refractivity contribution in [3.63, 3.8) is 0 Å². The van der Waals surface area contributed by atoms with Crippen LogP contribution >= 0.6 is 0 Å². The van der Waals surface area contributed by atoms with Crippen molar-refractivity contribution in [1.29, 1.82) is 0 Å². The van der Waals surface area contributed by atoms with E-state index in [1.54, 1.807) is 0 Å². The lowest BCUT2D eigenvalue weighted by Crippen LogP contribution is -2.59. The van der Waals surface area contributed by atoms with Gasteiger partial charge < -0.3 is 10.6 Å². The Labute approximate surface area is 113 Å². The van der Waals surface area contributed by atoms with Crippen LogP contribution in [0.5, 0.6) is 0 Å². The van der Waals surface area contributed by atoms with Gasteiger partial charge in [-0.1, -0.05) is 19.8 Å². The van der Waals surface area contributed by atoms with Crippen LogP contribution in [0, 0.1) is 5.92 Å². The van der Waals surface area contributed by atoms with Crippen LogP contribution in [0.15, 0.2) is 0 Å². The van der Waals surface area contributed by atoms with Crippen molar-refractivity contribution in [2.45, 2.75) is 57.0 Å². The van der Waals surface area contributed by atoms with Gasteiger partial charge in [0.2, 0.25) is 0 Å².